The average molecular weight is 598 g/mol. The van der Waals surface area contributed by atoms with Crippen molar-refractivity contribution in [1.29, 1.82) is 0 Å². The van der Waals surface area contributed by atoms with E-state index in [-0.39, 0.29) is 45.9 Å². The van der Waals surface area contributed by atoms with Crippen molar-refractivity contribution in [2.75, 3.05) is 17.7 Å². The Kier molecular flexibility index (Phi) is 7.72. The Labute approximate surface area is 241 Å². The van der Waals surface area contributed by atoms with Gasteiger partial charge in [-0.25, -0.2) is 15.0 Å². The maximum atomic E-state index is 13.8. The topological polar surface area (TPSA) is 138 Å². The predicted molar refractivity (Wildman–Crippen MR) is 152 cm³/mol. The van der Waals surface area contributed by atoms with E-state index in [4.69, 9.17) is 22.1 Å². The number of nitrogens with zero attached hydrogens (tertiary/aromatic N) is 6. The zero-order chi connectivity index (χ0) is 30.0. The molecular weight excluding hydrogens is 575 g/mol. The van der Waals surface area contributed by atoms with E-state index < -0.39 is 17.3 Å². The summed E-state index contributed by atoms with van der Waals surface area (Å²) in [6.07, 6.45) is 1.56. The molecular formula is C27H23ClF3N9O2. The molecule has 4 aromatic heterocycles. The van der Waals surface area contributed by atoms with Crippen molar-refractivity contribution in [3.63, 3.8) is 0 Å². The van der Waals surface area contributed by atoms with Gasteiger partial charge in [-0.15, -0.1) is 0 Å². The van der Waals surface area contributed by atoms with Gasteiger partial charge < -0.3 is 30.2 Å². The van der Waals surface area contributed by atoms with Gasteiger partial charge in [0.2, 0.25) is 5.95 Å². The van der Waals surface area contributed by atoms with Crippen molar-refractivity contribution in [3.8, 4) is 5.75 Å². The second-order valence-corrected chi connectivity index (χ2v) is 9.30. The van der Waals surface area contributed by atoms with Crippen molar-refractivity contribution in [2.24, 2.45) is 12.8 Å². The number of fused-ring (bicyclic) bond motifs is 1. The minimum Gasteiger partial charge on any atom is -0.450 e. The summed E-state index contributed by atoms with van der Waals surface area (Å²) in [6.45, 7) is -0.0626. The number of benzene rings is 1. The largest absolute Gasteiger partial charge is 0.450 e. The summed E-state index contributed by atoms with van der Waals surface area (Å²) < 4.78 is 49.7. The van der Waals surface area contributed by atoms with Crippen LogP contribution >= 0.6 is 11.6 Å². The Hall–Kier alpha value is -5.11. The number of hydrogen-bond acceptors (Lipinski definition) is 9. The van der Waals surface area contributed by atoms with Gasteiger partial charge >= 0.3 is 6.18 Å². The Morgan fingerprint density at radius 3 is 2.60 bits per heavy atom. The van der Waals surface area contributed by atoms with Crippen LogP contribution in [0.3, 0.4) is 0 Å². The molecule has 0 saturated heterocycles. The number of nitrogens with one attached hydrogen (secondary N) is 2. The van der Waals surface area contributed by atoms with Gasteiger partial charge in [0.25, 0.3) is 5.56 Å². The maximum Gasteiger partial charge on any atom is 0.417 e. The van der Waals surface area contributed by atoms with E-state index in [0.717, 1.165) is 16.8 Å². The Bertz CT molecular complexity index is 1850. The number of rotatable bonds is 8. The number of imidazole rings is 1. The van der Waals surface area contributed by atoms with Crippen LogP contribution in [-0.4, -0.2) is 36.1 Å². The third-order valence-corrected chi connectivity index (χ3v) is 6.57. The fraction of sp³-hybridized carbons (Fsp3) is 0.148. The summed E-state index contributed by atoms with van der Waals surface area (Å²) in [4.78, 5) is 30.3. The molecule has 0 amide bonds. The highest BCUT2D eigenvalue weighted by molar-refractivity contribution is 6.36. The third-order valence-electron chi connectivity index (χ3n) is 6.20. The second-order valence-electron chi connectivity index (χ2n) is 8.92. The lowest BCUT2D eigenvalue weighted by atomic mass is 10.2. The maximum absolute atomic E-state index is 13.8. The van der Waals surface area contributed by atoms with Crippen LogP contribution in [0, 0.1) is 0 Å². The quantitative estimate of drug-likeness (QED) is 0.216. The first-order chi connectivity index (χ1) is 20.1. The van der Waals surface area contributed by atoms with E-state index in [1.54, 1.807) is 44.4 Å². The van der Waals surface area contributed by atoms with Crippen molar-refractivity contribution in [1.82, 2.24) is 29.1 Å². The highest BCUT2D eigenvalue weighted by Gasteiger charge is 2.32. The number of pyridine rings is 2. The van der Waals surface area contributed by atoms with Crippen LogP contribution in [0.15, 0.2) is 72.2 Å². The molecule has 5 aromatic rings. The number of anilines is 3. The molecule has 5 rings (SSSR count). The minimum atomic E-state index is -4.70. The Morgan fingerprint density at radius 1 is 1.17 bits per heavy atom. The molecule has 0 fully saturated rings. The highest BCUT2D eigenvalue weighted by Crippen LogP contribution is 2.36. The number of aryl methyl sites for hydroxylation is 1. The molecule has 0 aliphatic heterocycles. The molecule has 216 valence electrons. The van der Waals surface area contributed by atoms with Crippen LogP contribution in [-0.2, 0) is 19.8 Å². The first-order valence-corrected chi connectivity index (χ1v) is 12.7. The van der Waals surface area contributed by atoms with Gasteiger partial charge in [0.05, 0.1) is 18.3 Å². The standard InChI is InChI=1S/C27H23ClF3N9O2/c1-33-23-21(34-8-9-35-23)18(11-32)42-19-12-36-24-22(20(19)28)39(2)26(38-24)37-17-10-16(27(29,30)31)14-40(25(17)41)13-15-6-4-3-5-7-15/h3-12,14H,13,32H2,1-2H3,(H,33,35)(H,36,37,38)/b18-11+. The first kappa shape index (κ1) is 28.4. The first-order valence-electron chi connectivity index (χ1n) is 12.3. The van der Waals surface area contributed by atoms with Gasteiger partial charge in [-0.2, -0.15) is 18.2 Å². The van der Waals surface area contributed by atoms with Crippen molar-refractivity contribution < 1.29 is 17.9 Å². The van der Waals surface area contributed by atoms with Gasteiger partial charge in [0, 0.05) is 38.9 Å². The van der Waals surface area contributed by atoms with Gasteiger partial charge in [0.1, 0.15) is 21.9 Å². The van der Waals surface area contributed by atoms with Crippen LogP contribution in [0.4, 0.5) is 30.6 Å². The van der Waals surface area contributed by atoms with Gasteiger partial charge in [0.15, 0.2) is 23.0 Å². The van der Waals surface area contributed by atoms with E-state index in [2.05, 4.69) is 30.6 Å². The number of ether oxygens (including phenoxy) is 1. The SMILES string of the molecule is CNc1nccnc1/C(=C\N)Oc1cnc2nc(Nc3cc(C(F)(F)F)cn(Cc4ccccc4)c3=O)n(C)c2c1Cl. The zero-order valence-corrected chi connectivity index (χ0v) is 22.9. The highest BCUT2D eigenvalue weighted by atomic mass is 35.5. The lowest BCUT2D eigenvalue weighted by Crippen LogP contribution is -2.25. The fourth-order valence-corrected chi connectivity index (χ4v) is 4.47. The molecule has 0 saturated carbocycles. The van der Waals surface area contributed by atoms with Crippen LogP contribution in [0.25, 0.3) is 16.9 Å². The van der Waals surface area contributed by atoms with E-state index in [1.165, 1.54) is 29.4 Å². The molecule has 1 aromatic carbocycles. The van der Waals surface area contributed by atoms with Crippen LogP contribution in [0.5, 0.6) is 5.75 Å². The Balaban J connectivity index is 1.52. The van der Waals surface area contributed by atoms with E-state index in [9.17, 15) is 18.0 Å². The molecule has 0 radical (unpaired) electrons. The monoisotopic (exact) mass is 597 g/mol. The molecule has 0 bridgehead atoms. The molecule has 0 aliphatic carbocycles. The molecule has 11 nitrogen and oxygen atoms in total. The van der Waals surface area contributed by atoms with E-state index >= 15 is 0 Å². The normalized spacial score (nSPS) is 12.0. The Morgan fingerprint density at radius 2 is 1.90 bits per heavy atom. The summed E-state index contributed by atoms with van der Waals surface area (Å²) in [5.74, 6) is 0.678. The molecule has 42 heavy (non-hydrogen) atoms. The summed E-state index contributed by atoms with van der Waals surface area (Å²) in [7, 11) is 3.22. The number of aromatic nitrogens is 6. The fourth-order valence-electron chi connectivity index (χ4n) is 4.18. The van der Waals surface area contributed by atoms with E-state index in [0.29, 0.717) is 17.1 Å². The molecule has 0 unspecified atom stereocenters. The predicted octanol–water partition coefficient (Wildman–Crippen LogP) is 4.76. The summed E-state index contributed by atoms with van der Waals surface area (Å²) in [5.41, 5.74) is 5.20. The lowest BCUT2D eigenvalue weighted by molar-refractivity contribution is -0.138. The van der Waals surface area contributed by atoms with Gasteiger partial charge in [-0.05, 0) is 11.6 Å². The van der Waals surface area contributed by atoms with Crippen molar-refractivity contribution >= 4 is 46.0 Å². The molecule has 0 aliphatic rings. The molecule has 0 atom stereocenters. The summed E-state index contributed by atoms with van der Waals surface area (Å²) >= 11 is 6.67. The smallest absolute Gasteiger partial charge is 0.417 e. The average Bonchev–Trinajstić information content (AvgIpc) is 3.30. The van der Waals surface area contributed by atoms with Crippen molar-refractivity contribution in [3.05, 3.63) is 99.6 Å². The van der Waals surface area contributed by atoms with Gasteiger partial charge in [-0.1, -0.05) is 41.9 Å². The van der Waals surface area contributed by atoms with Crippen LogP contribution in [0.1, 0.15) is 16.8 Å². The lowest BCUT2D eigenvalue weighted by Gasteiger charge is -2.15. The molecule has 0 spiro atoms. The number of alkyl halides is 3. The van der Waals surface area contributed by atoms with E-state index in [1.807, 2.05) is 0 Å². The number of halogens is 4. The van der Waals surface area contributed by atoms with Crippen molar-refractivity contribution in [2.45, 2.75) is 12.7 Å². The molecule has 15 heteroatoms. The van der Waals surface area contributed by atoms with Crippen LogP contribution < -0.4 is 26.7 Å². The summed E-state index contributed by atoms with van der Waals surface area (Å²) in [6, 6.07) is 9.42. The minimum absolute atomic E-state index is 0.0280. The molecule has 4 N–H and O–H groups in total. The number of hydrogen-bond donors (Lipinski definition) is 3. The second kappa shape index (κ2) is 11.4. The van der Waals surface area contributed by atoms with Crippen LogP contribution in [0.2, 0.25) is 5.02 Å². The number of nitrogens with two attached hydrogens (primary N) is 1. The summed E-state index contributed by atoms with van der Waals surface area (Å²) in [5, 5.41) is 5.71. The zero-order valence-electron chi connectivity index (χ0n) is 22.1. The third kappa shape index (κ3) is 5.56. The molecule has 4 heterocycles. The van der Waals surface area contributed by atoms with Gasteiger partial charge in [-0.3, -0.25) is 4.79 Å².